The van der Waals surface area contributed by atoms with Crippen LogP contribution >= 0.6 is 0 Å². The standard InChI is InChI=1S/C30H27FN2O8S2/c31-24-8-4-5-21(17-24)19-43(39,40)33-30(36)32-25-9-11-26(12-10-25)41-27-13-15-28(16-14-27)42(37,38)20-23(18-29(34)35)22-6-2-1-3-7-22/h1-17,23H,18-20H2,(H,34,35)(H2,32,33,36). The van der Waals surface area contributed by atoms with Crippen LogP contribution in [0.4, 0.5) is 14.9 Å². The number of ether oxygens (including phenoxy) is 1. The maximum absolute atomic E-state index is 13.3. The number of carbonyl (C=O) groups excluding carboxylic acids is 1. The van der Waals surface area contributed by atoms with Crippen LogP contribution in [0.15, 0.2) is 108 Å². The molecule has 0 saturated heterocycles. The van der Waals surface area contributed by atoms with Crippen molar-refractivity contribution in [3.8, 4) is 11.5 Å². The molecule has 4 aromatic carbocycles. The number of aliphatic carboxylic acids is 1. The average Bonchev–Trinajstić information content (AvgIpc) is 2.93. The molecule has 1 unspecified atom stereocenters. The number of hydrogen-bond acceptors (Lipinski definition) is 7. The molecule has 13 heteroatoms. The average molecular weight is 627 g/mol. The van der Waals surface area contributed by atoms with Crippen molar-refractivity contribution in [1.29, 1.82) is 0 Å². The number of carboxylic acids is 1. The van der Waals surface area contributed by atoms with E-state index in [-0.39, 0.29) is 28.3 Å². The lowest BCUT2D eigenvalue weighted by Crippen LogP contribution is -2.35. The molecule has 4 aromatic rings. The zero-order valence-electron chi connectivity index (χ0n) is 22.5. The van der Waals surface area contributed by atoms with Gasteiger partial charge in [-0.2, -0.15) is 0 Å². The van der Waals surface area contributed by atoms with Crippen molar-refractivity contribution in [1.82, 2.24) is 4.72 Å². The number of anilines is 1. The SMILES string of the molecule is O=C(O)CC(CS(=O)(=O)c1ccc(Oc2ccc(NC(=O)NS(=O)(=O)Cc3cccc(F)c3)cc2)cc1)c1ccccc1. The van der Waals surface area contributed by atoms with Crippen molar-refractivity contribution in [3.05, 3.63) is 120 Å². The second-order valence-corrected chi connectivity index (χ2v) is 13.3. The second kappa shape index (κ2) is 13.5. The molecule has 0 aliphatic rings. The molecule has 0 saturated carbocycles. The molecule has 0 fully saturated rings. The number of sulfonamides is 1. The molecule has 2 amide bonds. The fraction of sp³-hybridized carbons (Fsp3) is 0.133. The van der Waals surface area contributed by atoms with Gasteiger partial charge < -0.3 is 15.2 Å². The van der Waals surface area contributed by atoms with Gasteiger partial charge in [0.05, 0.1) is 22.8 Å². The summed E-state index contributed by atoms with van der Waals surface area (Å²) in [7, 11) is -7.90. The minimum absolute atomic E-state index is 0.0177. The molecule has 0 radical (unpaired) electrons. The van der Waals surface area contributed by atoms with Crippen molar-refractivity contribution < 1.29 is 40.7 Å². The Bertz CT molecular complexity index is 1800. The van der Waals surface area contributed by atoms with Gasteiger partial charge >= 0.3 is 12.0 Å². The first-order valence-corrected chi connectivity index (χ1v) is 16.1. The third-order valence-corrected chi connectivity index (χ3v) is 9.18. The summed E-state index contributed by atoms with van der Waals surface area (Å²) in [6, 6.07) is 24.3. The zero-order chi connectivity index (χ0) is 31.0. The van der Waals surface area contributed by atoms with Crippen LogP contribution in [0.1, 0.15) is 23.5 Å². The van der Waals surface area contributed by atoms with Crippen molar-refractivity contribution in [3.63, 3.8) is 0 Å². The molecule has 0 spiro atoms. The number of benzene rings is 4. The summed E-state index contributed by atoms with van der Waals surface area (Å²) < 4.78 is 71.5. The maximum Gasteiger partial charge on any atom is 0.332 e. The highest BCUT2D eigenvalue weighted by Gasteiger charge is 2.25. The van der Waals surface area contributed by atoms with E-state index >= 15 is 0 Å². The fourth-order valence-corrected chi connectivity index (χ4v) is 6.81. The molecule has 0 aromatic heterocycles. The summed E-state index contributed by atoms with van der Waals surface area (Å²) in [5.41, 5.74) is 1.07. The van der Waals surface area contributed by atoms with Gasteiger partial charge in [0.2, 0.25) is 10.0 Å². The molecule has 3 N–H and O–H groups in total. The summed E-state index contributed by atoms with van der Waals surface area (Å²) in [6.07, 6.45) is -0.332. The van der Waals surface area contributed by atoms with E-state index in [9.17, 15) is 35.9 Å². The van der Waals surface area contributed by atoms with Gasteiger partial charge in [0, 0.05) is 11.6 Å². The Morgan fingerprint density at radius 3 is 2.05 bits per heavy atom. The van der Waals surface area contributed by atoms with Crippen LogP contribution in [0.5, 0.6) is 11.5 Å². The van der Waals surface area contributed by atoms with Crippen molar-refractivity contribution in [2.75, 3.05) is 11.1 Å². The Hall–Kier alpha value is -4.75. The Morgan fingerprint density at radius 1 is 0.814 bits per heavy atom. The Balaban J connectivity index is 1.34. The monoisotopic (exact) mass is 626 g/mol. The summed E-state index contributed by atoms with van der Waals surface area (Å²) in [6.45, 7) is 0. The minimum Gasteiger partial charge on any atom is -0.481 e. The first-order chi connectivity index (χ1) is 20.4. The highest BCUT2D eigenvalue weighted by Crippen LogP contribution is 2.28. The van der Waals surface area contributed by atoms with E-state index < -0.39 is 49.3 Å². The topological polar surface area (TPSA) is 156 Å². The molecule has 43 heavy (non-hydrogen) atoms. The Morgan fingerprint density at radius 2 is 1.44 bits per heavy atom. The smallest absolute Gasteiger partial charge is 0.332 e. The largest absolute Gasteiger partial charge is 0.481 e. The van der Waals surface area contributed by atoms with Gasteiger partial charge in [0.1, 0.15) is 17.3 Å². The summed E-state index contributed by atoms with van der Waals surface area (Å²) in [5.74, 6) is -2.69. The lowest BCUT2D eigenvalue weighted by molar-refractivity contribution is -0.137. The molecule has 1 atom stereocenters. The van der Waals surface area contributed by atoms with Crippen LogP contribution in [0.3, 0.4) is 0 Å². The van der Waals surface area contributed by atoms with E-state index in [1.807, 2.05) is 4.72 Å². The van der Waals surface area contributed by atoms with E-state index in [0.717, 1.165) is 6.07 Å². The number of hydrogen-bond donors (Lipinski definition) is 3. The third-order valence-electron chi connectivity index (χ3n) is 6.14. The van der Waals surface area contributed by atoms with Gasteiger partial charge in [-0.05, 0) is 71.8 Å². The Kier molecular flexibility index (Phi) is 9.78. The van der Waals surface area contributed by atoms with Gasteiger partial charge in [-0.1, -0.05) is 42.5 Å². The lowest BCUT2D eigenvalue weighted by atomic mass is 9.98. The molecule has 0 heterocycles. The number of sulfone groups is 1. The number of rotatable bonds is 12. The number of carboxylic acid groups (broad SMARTS) is 1. The number of amides is 2. The third kappa shape index (κ3) is 9.38. The van der Waals surface area contributed by atoms with E-state index in [1.54, 1.807) is 30.3 Å². The highest BCUT2D eigenvalue weighted by molar-refractivity contribution is 7.91. The quantitative estimate of drug-likeness (QED) is 0.191. The second-order valence-electron chi connectivity index (χ2n) is 9.53. The van der Waals surface area contributed by atoms with E-state index in [0.29, 0.717) is 17.1 Å². The zero-order valence-corrected chi connectivity index (χ0v) is 24.1. The highest BCUT2D eigenvalue weighted by atomic mass is 32.2. The normalized spacial score (nSPS) is 12.2. The Labute approximate surface area is 248 Å². The van der Waals surface area contributed by atoms with Gasteiger partial charge in [0.25, 0.3) is 0 Å². The molecule has 10 nitrogen and oxygen atoms in total. The number of carbonyl (C=O) groups is 2. The first-order valence-electron chi connectivity index (χ1n) is 12.8. The van der Waals surface area contributed by atoms with E-state index in [2.05, 4.69) is 5.32 Å². The predicted octanol–water partition coefficient (Wildman–Crippen LogP) is 5.30. The van der Waals surface area contributed by atoms with Gasteiger partial charge in [-0.3, -0.25) is 4.79 Å². The summed E-state index contributed by atoms with van der Waals surface area (Å²) >= 11 is 0. The summed E-state index contributed by atoms with van der Waals surface area (Å²) in [4.78, 5) is 23.6. The fourth-order valence-electron chi connectivity index (χ4n) is 4.21. The maximum atomic E-state index is 13.3. The molecule has 0 bridgehead atoms. The number of urea groups is 1. The van der Waals surface area contributed by atoms with Crippen LogP contribution in [-0.2, 0) is 30.4 Å². The molecule has 0 aliphatic carbocycles. The lowest BCUT2D eigenvalue weighted by Gasteiger charge is -2.16. The molecule has 0 aliphatic heterocycles. The predicted molar refractivity (Wildman–Crippen MR) is 158 cm³/mol. The number of nitrogens with one attached hydrogen (secondary N) is 2. The van der Waals surface area contributed by atoms with Crippen molar-refractivity contribution in [2.45, 2.75) is 23.0 Å². The molecule has 224 valence electrons. The number of halogens is 1. The van der Waals surface area contributed by atoms with Crippen LogP contribution in [0, 0.1) is 5.82 Å². The summed E-state index contributed by atoms with van der Waals surface area (Å²) in [5, 5.41) is 11.7. The minimum atomic E-state index is -4.08. The van der Waals surface area contributed by atoms with Gasteiger partial charge in [-0.25, -0.2) is 30.7 Å². The van der Waals surface area contributed by atoms with Crippen LogP contribution in [0.25, 0.3) is 0 Å². The van der Waals surface area contributed by atoms with Crippen LogP contribution < -0.4 is 14.8 Å². The van der Waals surface area contributed by atoms with Crippen molar-refractivity contribution >= 4 is 37.5 Å². The first kappa shape index (κ1) is 31.2. The van der Waals surface area contributed by atoms with E-state index in [4.69, 9.17) is 4.74 Å². The molecule has 4 rings (SSSR count). The molecular formula is C30H27FN2O8S2. The van der Waals surface area contributed by atoms with Gasteiger partial charge in [-0.15, -0.1) is 0 Å². The van der Waals surface area contributed by atoms with Crippen molar-refractivity contribution in [2.24, 2.45) is 0 Å². The van der Waals surface area contributed by atoms with Crippen LogP contribution in [0.2, 0.25) is 0 Å². The van der Waals surface area contributed by atoms with Crippen LogP contribution in [-0.4, -0.2) is 39.7 Å². The van der Waals surface area contributed by atoms with E-state index in [1.165, 1.54) is 66.7 Å². The molecular weight excluding hydrogens is 599 g/mol. The van der Waals surface area contributed by atoms with Gasteiger partial charge in [0.15, 0.2) is 9.84 Å².